The summed E-state index contributed by atoms with van der Waals surface area (Å²) in [6, 6.07) is 18.5. The van der Waals surface area contributed by atoms with Gasteiger partial charge in [0, 0.05) is 12.8 Å². The van der Waals surface area contributed by atoms with Crippen molar-refractivity contribution in [3.05, 3.63) is 65.7 Å². The van der Waals surface area contributed by atoms with Gasteiger partial charge in [-0.25, -0.2) is 0 Å². The van der Waals surface area contributed by atoms with Crippen LogP contribution in [0.2, 0.25) is 0 Å². The first-order chi connectivity index (χ1) is 10.3. The molecule has 3 rings (SSSR count). The molecule has 108 valence electrons. The number of rotatable bonds is 4. The summed E-state index contributed by atoms with van der Waals surface area (Å²) in [5.74, 6) is 1.84. The van der Waals surface area contributed by atoms with Crippen LogP contribution >= 0.6 is 0 Å². The van der Waals surface area contributed by atoms with Crippen molar-refractivity contribution in [3.8, 4) is 5.75 Å². The maximum atomic E-state index is 11.3. The first-order valence-corrected chi connectivity index (χ1v) is 7.59. The highest BCUT2D eigenvalue weighted by molar-refractivity contribution is 5.79. The van der Waals surface area contributed by atoms with Crippen molar-refractivity contribution < 1.29 is 9.53 Å². The van der Waals surface area contributed by atoms with E-state index in [2.05, 4.69) is 24.3 Å². The lowest BCUT2D eigenvalue weighted by Crippen LogP contribution is -2.12. The molecule has 0 heterocycles. The molecule has 0 saturated heterocycles. The SMILES string of the molecule is O=C1CCC(c2ccc(OCc3ccccc3)cc2)CC1. The van der Waals surface area contributed by atoms with E-state index in [1.165, 1.54) is 11.1 Å². The van der Waals surface area contributed by atoms with Crippen LogP contribution in [0, 0.1) is 0 Å². The normalized spacial score (nSPS) is 15.9. The minimum absolute atomic E-state index is 0.411. The van der Waals surface area contributed by atoms with Gasteiger partial charge in [0.15, 0.2) is 0 Å². The van der Waals surface area contributed by atoms with Crippen LogP contribution in [0.15, 0.2) is 54.6 Å². The standard InChI is InChI=1S/C19H20O2/c20-18-10-6-16(7-11-18)17-8-12-19(13-9-17)21-14-15-4-2-1-3-5-15/h1-5,8-9,12-13,16H,6-7,10-11,14H2. The highest BCUT2D eigenvalue weighted by Crippen LogP contribution is 2.32. The maximum absolute atomic E-state index is 11.3. The third-order valence-electron chi connectivity index (χ3n) is 4.14. The number of carbonyl (C=O) groups is 1. The van der Waals surface area contributed by atoms with Gasteiger partial charge in [-0.3, -0.25) is 4.79 Å². The topological polar surface area (TPSA) is 26.3 Å². The van der Waals surface area contributed by atoms with E-state index in [0.29, 0.717) is 18.3 Å². The van der Waals surface area contributed by atoms with Crippen molar-refractivity contribution in [1.29, 1.82) is 0 Å². The predicted octanol–water partition coefficient (Wildman–Crippen LogP) is 4.49. The van der Waals surface area contributed by atoms with E-state index in [0.717, 1.165) is 31.4 Å². The lowest BCUT2D eigenvalue weighted by atomic mass is 9.83. The van der Waals surface area contributed by atoms with Gasteiger partial charge in [0.1, 0.15) is 18.1 Å². The largest absolute Gasteiger partial charge is 0.489 e. The van der Waals surface area contributed by atoms with Gasteiger partial charge < -0.3 is 4.74 Å². The van der Waals surface area contributed by atoms with Crippen molar-refractivity contribution in [3.63, 3.8) is 0 Å². The van der Waals surface area contributed by atoms with E-state index in [-0.39, 0.29) is 0 Å². The Balaban J connectivity index is 1.58. The fourth-order valence-electron chi connectivity index (χ4n) is 2.85. The predicted molar refractivity (Wildman–Crippen MR) is 83.4 cm³/mol. The van der Waals surface area contributed by atoms with E-state index in [9.17, 15) is 4.79 Å². The quantitative estimate of drug-likeness (QED) is 0.824. The summed E-state index contributed by atoms with van der Waals surface area (Å²) < 4.78 is 5.80. The van der Waals surface area contributed by atoms with Gasteiger partial charge >= 0.3 is 0 Å². The number of hydrogen-bond acceptors (Lipinski definition) is 2. The Morgan fingerprint density at radius 2 is 1.57 bits per heavy atom. The molecule has 0 N–H and O–H groups in total. The zero-order valence-electron chi connectivity index (χ0n) is 12.1. The highest BCUT2D eigenvalue weighted by Gasteiger charge is 2.19. The van der Waals surface area contributed by atoms with E-state index in [1.807, 2.05) is 30.3 Å². The molecule has 0 atom stereocenters. The number of benzene rings is 2. The maximum Gasteiger partial charge on any atom is 0.132 e. The fraction of sp³-hybridized carbons (Fsp3) is 0.316. The van der Waals surface area contributed by atoms with Crippen LogP contribution in [0.25, 0.3) is 0 Å². The van der Waals surface area contributed by atoms with Crippen LogP contribution in [-0.2, 0) is 11.4 Å². The van der Waals surface area contributed by atoms with Crippen LogP contribution in [0.5, 0.6) is 5.75 Å². The smallest absolute Gasteiger partial charge is 0.132 e. The van der Waals surface area contributed by atoms with Crippen molar-refractivity contribution in [2.45, 2.75) is 38.2 Å². The fourth-order valence-corrected chi connectivity index (χ4v) is 2.85. The van der Waals surface area contributed by atoms with Gasteiger partial charge in [0.2, 0.25) is 0 Å². The first kappa shape index (κ1) is 13.9. The molecule has 1 saturated carbocycles. The molecule has 0 aliphatic heterocycles. The minimum atomic E-state index is 0.411. The van der Waals surface area contributed by atoms with Gasteiger partial charge in [-0.1, -0.05) is 42.5 Å². The van der Waals surface area contributed by atoms with E-state index < -0.39 is 0 Å². The lowest BCUT2D eigenvalue weighted by Gasteiger charge is -2.21. The summed E-state index contributed by atoms with van der Waals surface area (Å²) in [5, 5.41) is 0. The number of hydrogen-bond donors (Lipinski definition) is 0. The van der Waals surface area contributed by atoms with Crippen LogP contribution < -0.4 is 4.74 Å². The molecule has 1 aliphatic carbocycles. The van der Waals surface area contributed by atoms with Crippen molar-refractivity contribution >= 4 is 5.78 Å². The zero-order valence-corrected chi connectivity index (χ0v) is 12.1. The van der Waals surface area contributed by atoms with Crippen molar-refractivity contribution in [2.75, 3.05) is 0 Å². The molecule has 0 radical (unpaired) electrons. The molecule has 2 heteroatoms. The second-order valence-electron chi connectivity index (χ2n) is 5.66. The van der Waals surface area contributed by atoms with Crippen LogP contribution in [-0.4, -0.2) is 5.78 Å². The summed E-state index contributed by atoms with van der Waals surface area (Å²) in [6.07, 6.45) is 3.44. The Morgan fingerprint density at radius 3 is 2.24 bits per heavy atom. The van der Waals surface area contributed by atoms with Crippen LogP contribution in [0.1, 0.15) is 42.7 Å². The molecule has 0 spiro atoms. The minimum Gasteiger partial charge on any atom is -0.489 e. The van der Waals surface area contributed by atoms with Crippen molar-refractivity contribution in [2.24, 2.45) is 0 Å². The summed E-state index contributed by atoms with van der Waals surface area (Å²) >= 11 is 0. The monoisotopic (exact) mass is 280 g/mol. The second kappa shape index (κ2) is 6.57. The van der Waals surface area contributed by atoms with Crippen LogP contribution in [0.4, 0.5) is 0 Å². The molecule has 0 amide bonds. The average molecular weight is 280 g/mol. The summed E-state index contributed by atoms with van der Waals surface area (Å²) in [7, 11) is 0. The number of carbonyl (C=O) groups excluding carboxylic acids is 1. The Bertz CT molecular complexity index is 577. The number of ketones is 1. The molecule has 2 aromatic carbocycles. The Kier molecular flexibility index (Phi) is 4.34. The average Bonchev–Trinajstić information content (AvgIpc) is 2.55. The molecule has 21 heavy (non-hydrogen) atoms. The van der Waals surface area contributed by atoms with Gasteiger partial charge in [-0.05, 0) is 42.0 Å². The molecule has 1 aliphatic rings. The Hall–Kier alpha value is -2.09. The number of Topliss-reactive ketones (excluding diaryl/α,β-unsaturated/α-hetero) is 1. The van der Waals surface area contributed by atoms with Gasteiger partial charge in [-0.2, -0.15) is 0 Å². The van der Waals surface area contributed by atoms with Crippen LogP contribution in [0.3, 0.4) is 0 Å². The molecule has 0 bridgehead atoms. The second-order valence-corrected chi connectivity index (χ2v) is 5.66. The molecule has 2 nitrogen and oxygen atoms in total. The third-order valence-corrected chi connectivity index (χ3v) is 4.14. The highest BCUT2D eigenvalue weighted by atomic mass is 16.5. The van der Waals surface area contributed by atoms with Gasteiger partial charge in [0.05, 0.1) is 0 Å². The lowest BCUT2D eigenvalue weighted by molar-refractivity contribution is -0.120. The van der Waals surface area contributed by atoms with E-state index in [4.69, 9.17) is 4.74 Å². The van der Waals surface area contributed by atoms with E-state index >= 15 is 0 Å². The van der Waals surface area contributed by atoms with Gasteiger partial charge in [-0.15, -0.1) is 0 Å². The molecule has 0 aromatic heterocycles. The molecule has 1 fully saturated rings. The Morgan fingerprint density at radius 1 is 0.905 bits per heavy atom. The van der Waals surface area contributed by atoms with Gasteiger partial charge in [0.25, 0.3) is 0 Å². The molecular weight excluding hydrogens is 260 g/mol. The summed E-state index contributed by atoms with van der Waals surface area (Å²) in [6.45, 7) is 0.595. The summed E-state index contributed by atoms with van der Waals surface area (Å²) in [4.78, 5) is 11.3. The third kappa shape index (κ3) is 3.72. The molecule has 2 aromatic rings. The van der Waals surface area contributed by atoms with Crippen molar-refractivity contribution in [1.82, 2.24) is 0 Å². The zero-order chi connectivity index (χ0) is 14.5. The molecular formula is C19H20O2. The Labute approximate surface area is 125 Å². The van der Waals surface area contributed by atoms with E-state index in [1.54, 1.807) is 0 Å². The first-order valence-electron chi connectivity index (χ1n) is 7.59. The molecule has 0 unspecified atom stereocenters. The summed E-state index contributed by atoms with van der Waals surface area (Å²) in [5.41, 5.74) is 2.50. The number of ether oxygens (including phenoxy) is 1.